The number of rotatable bonds is 4. The molecule has 1 rings (SSSR count). The quantitative estimate of drug-likeness (QED) is 0.330. The molecule has 3 radical (unpaired) electrons. The van der Waals surface area contributed by atoms with Crippen LogP contribution in [0.1, 0.15) is 0 Å². The van der Waals surface area contributed by atoms with Gasteiger partial charge in [0.05, 0.1) is 0 Å². The first-order chi connectivity index (χ1) is 5.79. The van der Waals surface area contributed by atoms with Gasteiger partial charge in [-0.3, -0.25) is 9.13 Å². The summed E-state index contributed by atoms with van der Waals surface area (Å²) < 4.78 is 3.85. The number of aromatic nitrogens is 2. The van der Waals surface area contributed by atoms with Crippen LogP contribution in [0.25, 0.3) is 0 Å². The Morgan fingerprint density at radius 3 is 2.83 bits per heavy atom. The summed E-state index contributed by atoms with van der Waals surface area (Å²) in [6.07, 6.45) is 7.49. The number of hydrogen-bond donors (Lipinski definition) is 0. The highest BCUT2D eigenvalue weighted by molar-refractivity contribution is 6.27. The summed E-state index contributed by atoms with van der Waals surface area (Å²) in [6, 6.07) is 0. The van der Waals surface area contributed by atoms with Gasteiger partial charge in [-0.25, -0.2) is 0 Å². The van der Waals surface area contributed by atoms with Crippen molar-refractivity contribution in [2.24, 2.45) is 0 Å². The molecular weight excluding hydrogens is 147 g/mol. The minimum atomic E-state index is 0.731. The Morgan fingerprint density at radius 2 is 2.25 bits per heavy atom. The second-order valence-corrected chi connectivity index (χ2v) is 2.54. The second-order valence-electron chi connectivity index (χ2n) is 2.54. The van der Waals surface area contributed by atoms with Crippen molar-refractivity contribution >= 4 is 13.6 Å². The summed E-state index contributed by atoms with van der Waals surface area (Å²) in [5, 5.41) is 0. The van der Waals surface area contributed by atoms with E-state index in [1.54, 1.807) is 0 Å². The first kappa shape index (κ1) is 8.85. The number of nitrogens with zero attached hydrogens (tertiary/aromatic N) is 2. The summed E-state index contributed by atoms with van der Waals surface area (Å²) in [7, 11) is 5.81. The van der Waals surface area contributed by atoms with E-state index in [-0.39, 0.29) is 0 Å². The summed E-state index contributed by atoms with van der Waals surface area (Å²) in [4.78, 5) is 0. The number of imidazole rings is 1. The van der Waals surface area contributed by atoms with Crippen LogP contribution in [-0.2, 0) is 13.1 Å². The topological polar surface area (TPSA) is 8.81 Å². The van der Waals surface area contributed by atoms with Crippen molar-refractivity contribution in [1.29, 1.82) is 0 Å². The van der Waals surface area contributed by atoms with E-state index in [4.69, 9.17) is 7.85 Å². The molecule has 12 heavy (non-hydrogen) atoms. The molecule has 1 aromatic rings. The van der Waals surface area contributed by atoms with Gasteiger partial charge in [0, 0.05) is 0 Å². The zero-order valence-corrected chi connectivity index (χ0v) is 7.11. The molecule has 61 valence electrons. The first-order valence-corrected chi connectivity index (χ1v) is 3.85. The lowest BCUT2D eigenvalue weighted by atomic mass is 10.1. The maximum absolute atomic E-state index is 5.81. The summed E-state index contributed by atoms with van der Waals surface area (Å²) in [5.74, 6) is 0. The zero-order chi connectivity index (χ0) is 8.97. The van der Waals surface area contributed by atoms with Crippen LogP contribution in [0.5, 0.6) is 0 Å². The molecule has 0 aromatic carbocycles. The maximum Gasteiger partial charge on any atom is 0.126 e. The Balaban J connectivity index is 2.87. The van der Waals surface area contributed by atoms with Gasteiger partial charge >= 0.3 is 0 Å². The van der Waals surface area contributed by atoms with Crippen molar-refractivity contribution in [1.82, 2.24) is 4.57 Å². The van der Waals surface area contributed by atoms with E-state index in [0.717, 1.165) is 18.8 Å². The Labute approximate surface area is 74.2 Å². The predicted octanol–water partition coefficient (Wildman–Crippen LogP) is -0.0586. The summed E-state index contributed by atoms with van der Waals surface area (Å²) >= 11 is 0. The molecule has 0 fully saturated rings. The summed E-state index contributed by atoms with van der Waals surface area (Å²) in [5.41, 5.74) is 0.731. The smallest absolute Gasteiger partial charge is 0.126 e. The third-order valence-corrected chi connectivity index (χ3v) is 1.67. The van der Waals surface area contributed by atoms with Crippen molar-refractivity contribution < 1.29 is 4.57 Å². The third kappa shape index (κ3) is 1.67. The number of allylic oxidation sites excluding steroid dienone is 2. The minimum absolute atomic E-state index is 0.731. The Kier molecular flexibility index (Phi) is 2.91. The SMILES string of the molecule is [B-]c1n(CC=C)cc[n+]1CC=C. The van der Waals surface area contributed by atoms with Crippen molar-refractivity contribution in [3.05, 3.63) is 37.7 Å². The highest BCUT2D eigenvalue weighted by atomic mass is 15.1. The predicted molar refractivity (Wildman–Crippen MR) is 50.4 cm³/mol. The van der Waals surface area contributed by atoms with Crippen molar-refractivity contribution in [2.75, 3.05) is 0 Å². The van der Waals surface area contributed by atoms with E-state index < -0.39 is 0 Å². The lowest BCUT2D eigenvalue weighted by Crippen LogP contribution is -2.49. The molecule has 1 aromatic heterocycles. The Morgan fingerprint density at radius 1 is 1.50 bits per heavy atom. The molecule has 0 aliphatic carbocycles. The maximum atomic E-state index is 5.81. The van der Waals surface area contributed by atoms with Crippen molar-refractivity contribution in [3.63, 3.8) is 0 Å². The summed E-state index contributed by atoms with van der Waals surface area (Å²) in [6.45, 7) is 8.79. The molecule has 0 aliphatic heterocycles. The van der Waals surface area contributed by atoms with Crippen molar-refractivity contribution in [3.8, 4) is 0 Å². The highest BCUT2D eigenvalue weighted by Crippen LogP contribution is 1.81. The average molecular weight is 159 g/mol. The second kappa shape index (κ2) is 3.95. The van der Waals surface area contributed by atoms with Gasteiger partial charge in [-0.2, -0.15) is 0 Å². The van der Waals surface area contributed by atoms with Crippen LogP contribution in [0.4, 0.5) is 0 Å². The van der Waals surface area contributed by atoms with Crippen LogP contribution in [0.3, 0.4) is 0 Å². The normalized spacial score (nSPS) is 9.75. The largest absolute Gasteiger partial charge is 0.458 e. The highest BCUT2D eigenvalue weighted by Gasteiger charge is 1.98. The van der Waals surface area contributed by atoms with Crippen LogP contribution in [0, 0.1) is 0 Å². The van der Waals surface area contributed by atoms with E-state index in [2.05, 4.69) is 13.2 Å². The molecule has 0 aliphatic rings. The molecule has 0 saturated heterocycles. The lowest BCUT2D eigenvalue weighted by Gasteiger charge is -2.07. The molecule has 0 N–H and O–H groups in total. The molecule has 0 amide bonds. The van der Waals surface area contributed by atoms with Gasteiger partial charge in [0.25, 0.3) is 0 Å². The van der Waals surface area contributed by atoms with Crippen molar-refractivity contribution in [2.45, 2.75) is 13.1 Å². The molecule has 0 unspecified atom stereocenters. The Bertz CT molecular complexity index is 261. The van der Waals surface area contributed by atoms with E-state index in [0.29, 0.717) is 0 Å². The monoisotopic (exact) mass is 159 g/mol. The molecule has 0 saturated carbocycles. The molecule has 0 atom stereocenters. The molecule has 0 spiro atoms. The third-order valence-electron chi connectivity index (χ3n) is 1.67. The standard InChI is InChI=1S/C9H12BN2/c1-3-5-11-7-8-12(6-4-2)9(11)10/h3-4,7-8H,1-2,5-6H2. The van der Waals surface area contributed by atoms with Crippen LogP contribution in [-0.4, -0.2) is 12.4 Å². The molecule has 3 heteroatoms. The van der Waals surface area contributed by atoms with Gasteiger partial charge < -0.3 is 7.85 Å². The van der Waals surface area contributed by atoms with Gasteiger partial charge in [0.2, 0.25) is 0 Å². The molecule has 1 heterocycles. The van der Waals surface area contributed by atoms with Gasteiger partial charge in [0.15, 0.2) is 0 Å². The van der Waals surface area contributed by atoms with Crippen LogP contribution >= 0.6 is 0 Å². The van der Waals surface area contributed by atoms with E-state index in [1.165, 1.54) is 0 Å². The fourth-order valence-electron chi connectivity index (χ4n) is 1.07. The number of hydrogen-bond acceptors (Lipinski definition) is 0. The molecule has 2 nitrogen and oxygen atoms in total. The van der Waals surface area contributed by atoms with Crippen LogP contribution in [0.15, 0.2) is 37.7 Å². The minimum Gasteiger partial charge on any atom is -0.458 e. The van der Waals surface area contributed by atoms with E-state index in [9.17, 15) is 0 Å². The van der Waals surface area contributed by atoms with Crippen LogP contribution < -0.4 is 10.3 Å². The van der Waals surface area contributed by atoms with E-state index in [1.807, 2.05) is 33.7 Å². The average Bonchev–Trinajstić information content (AvgIpc) is 2.38. The fraction of sp³-hybridized carbons (Fsp3) is 0.222. The Hall–Kier alpha value is -1.25. The van der Waals surface area contributed by atoms with Gasteiger partial charge in [0.1, 0.15) is 25.5 Å². The zero-order valence-electron chi connectivity index (χ0n) is 7.11. The molecule has 0 bridgehead atoms. The van der Waals surface area contributed by atoms with Gasteiger partial charge in [-0.05, 0) is 5.72 Å². The van der Waals surface area contributed by atoms with Gasteiger partial charge in [-0.1, -0.05) is 25.3 Å². The van der Waals surface area contributed by atoms with Crippen LogP contribution in [0.2, 0.25) is 0 Å². The van der Waals surface area contributed by atoms with Gasteiger partial charge in [-0.15, -0.1) is 0 Å². The molecular formula is C9H12BN2. The van der Waals surface area contributed by atoms with E-state index >= 15 is 0 Å². The lowest BCUT2D eigenvalue weighted by molar-refractivity contribution is -0.668. The first-order valence-electron chi connectivity index (χ1n) is 3.85. The fourth-order valence-corrected chi connectivity index (χ4v) is 1.07.